The summed E-state index contributed by atoms with van der Waals surface area (Å²) in [7, 11) is 0. The summed E-state index contributed by atoms with van der Waals surface area (Å²) in [5.41, 5.74) is 0.813. The number of nitrogens with one attached hydrogen (secondary N) is 1. The van der Waals surface area contributed by atoms with Gasteiger partial charge in [-0.1, -0.05) is 36.5 Å². The van der Waals surface area contributed by atoms with Crippen molar-refractivity contribution in [2.75, 3.05) is 18.9 Å². The molecule has 0 rings (SSSR count). The van der Waals surface area contributed by atoms with E-state index in [-0.39, 0.29) is 11.5 Å². The Kier molecular flexibility index (Phi) is 12.5. The molecule has 1 amide bonds. The molecule has 26 heavy (non-hydrogen) atoms. The molecular formula is C19H32N2O2S3. The van der Waals surface area contributed by atoms with Crippen LogP contribution in [-0.2, 0) is 9.53 Å². The van der Waals surface area contributed by atoms with Crippen molar-refractivity contribution in [1.82, 2.24) is 5.32 Å². The van der Waals surface area contributed by atoms with Crippen molar-refractivity contribution in [2.24, 2.45) is 0 Å². The van der Waals surface area contributed by atoms with Gasteiger partial charge in [-0.15, -0.1) is 18.3 Å². The molecule has 1 atom stereocenters. The number of amides is 1. The lowest BCUT2D eigenvalue weighted by Crippen LogP contribution is -2.34. The quantitative estimate of drug-likeness (QED) is 0.353. The number of nitrogens with zero attached hydrogens (tertiary/aromatic N) is 1. The lowest BCUT2D eigenvalue weighted by Gasteiger charge is -2.26. The maximum atomic E-state index is 12.1. The largest absolute Gasteiger partial charge is 0.375 e. The van der Waals surface area contributed by atoms with Gasteiger partial charge in [0.15, 0.2) is 0 Å². The van der Waals surface area contributed by atoms with Gasteiger partial charge in [-0.3, -0.25) is 4.79 Å². The molecule has 1 unspecified atom stereocenters. The van der Waals surface area contributed by atoms with Crippen LogP contribution >= 0.6 is 35.7 Å². The van der Waals surface area contributed by atoms with Crippen molar-refractivity contribution >= 4 is 45.2 Å². The van der Waals surface area contributed by atoms with Gasteiger partial charge >= 0.3 is 0 Å². The average Bonchev–Trinajstić information content (AvgIpc) is 2.52. The second-order valence-corrected chi connectivity index (χ2v) is 11.0. The van der Waals surface area contributed by atoms with Crippen LogP contribution in [0.15, 0.2) is 12.2 Å². The normalized spacial score (nSPS) is 13.5. The van der Waals surface area contributed by atoms with Crippen molar-refractivity contribution in [3.05, 3.63) is 12.2 Å². The first-order chi connectivity index (χ1) is 12.0. The van der Waals surface area contributed by atoms with Crippen LogP contribution in [0, 0.1) is 11.3 Å². The highest BCUT2D eigenvalue weighted by Crippen LogP contribution is 2.34. The number of thioether (sulfide) groups is 2. The van der Waals surface area contributed by atoms with E-state index in [9.17, 15) is 10.1 Å². The predicted octanol–water partition coefficient (Wildman–Crippen LogP) is 5.09. The smallest absolute Gasteiger partial charge is 0.220 e. The van der Waals surface area contributed by atoms with Crippen LogP contribution in [0.1, 0.15) is 60.3 Å². The molecule has 1 N–H and O–H groups in total. The number of thiocarbonyl (C=S) groups is 1. The molecule has 0 aliphatic heterocycles. The van der Waals surface area contributed by atoms with Crippen LogP contribution < -0.4 is 5.32 Å². The number of carbonyl (C=O) groups is 1. The summed E-state index contributed by atoms with van der Waals surface area (Å²) >= 11 is 8.20. The average molecular weight is 417 g/mol. The third kappa shape index (κ3) is 12.7. The summed E-state index contributed by atoms with van der Waals surface area (Å²) in [5, 5.41) is 12.3. The first-order valence-corrected chi connectivity index (χ1v) is 11.1. The van der Waals surface area contributed by atoms with Gasteiger partial charge in [0.2, 0.25) is 5.91 Å². The Morgan fingerprint density at radius 3 is 2.50 bits per heavy atom. The van der Waals surface area contributed by atoms with Gasteiger partial charge in [-0.2, -0.15) is 5.26 Å². The van der Waals surface area contributed by atoms with E-state index in [1.165, 1.54) is 11.8 Å². The van der Waals surface area contributed by atoms with Crippen molar-refractivity contribution < 1.29 is 9.53 Å². The molecule has 0 bridgehead atoms. The Balaban J connectivity index is 4.19. The van der Waals surface area contributed by atoms with E-state index in [2.05, 4.69) is 18.0 Å². The van der Waals surface area contributed by atoms with Gasteiger partial charge in [0.05, 0.1) is 18.3 Å². The summed E-state index contributed by atoms with van der Waals surface area (Å²) in [6.45, 7) is 15.0. The van der Waals surface area contributed by atoms with Gasteiger partial charge < -0.3 is 10.1 Å². The van der Waals surface area contributed by atoms with Crippen molar-refractivity contribution in [3.8, 4) is 6.07 Å². The fraction of sp³-hybridized carbons (Fsp3) is 0.737. The van der Waals surface area contributed by atoms with Gasteiger partial charge in [0.25, 0.3) is 0 Å². The molecular weight excluding hydrogens is 384 g/mol. The van der Waals surface area contributed by atoms with Gasteiger partial charge in [-0.25, -0.2) is 0 Å². The zero-order valence-electron chi connectivity index (χ0n) is 16.6. The lowest BCUT2D eigenvalue weighted by atomic mass is 10.0. The number of nitriles is 1. The summed E-state index contributed by atoms with van der Waals surface area (Å²) in [5.74, 6) is 0.844. The zero-order valence-corrected chi connectivity index (χ0v) is 19.1. The van der Waals surface area contributed by atoms with Crippen LogP contribution in [0.4, 0.5) is 0 Å². The highest BCUT2D eigenvalue weighted by molar-refractivity contribution is 8.47. The number of carbonyl (C=O) groups excluding carboxylic acids is 1. The van der Waals surface area contributed by atoms with Crippen LogP contribution in [0.5, 0.6) is 0 Å². The minimum Gasteiger partial charge on any atom is -0.375 e. The Bertz CT molecular complexity index is 529. The summed E-state index contributed by atoms with van der Waals surface area (Å²) in [6, 6.07) is 2.29. The molecule has 0 aromatic rings. The molecule has 0 heterocycles. The standard InChI is InChI=1S/C19H32N2O2S3/c1-7-25-17(24)26-19(6,14-20)10-8-16(22)21-12-11-18(4,5)23-13-9-15(2)3/h2,7-13H2,1,3-6H3,(H,21,22). The first-order valence-electron chi connectivity index (χ1n) is 8.85. The maximum absolute atomic E-state index is 12.1. The number of hydrogen-bond acceptors (Lipinski definition) is 6. The van der Waals surface area contributed by atoms with E-state index >= 15 is 0 Å². The zero-order chi connectivity index (χ0) is 20.2. The van der Waals surface area contributed by atoms with Gasteiger partial charge in [-0.05, 0) is 52.7 Å². The predicted molar refractivity (Wildman–Crippen MR) is 119 cm³/mol. The summed E-state index contributed by atoms with van der Waals surface area (Å²) in [6.07, 6.45) is 2.37. The summed E-state index contributed by atoms with van der Waals surface area (Å²) < 4.78 is 5.94. The fourth-order valence-electron chi connectivity index (χ4n) is 1.98. The van der Waals surface area contributed by atoms with Crippen molar-refractivity contribution in [3.63, 3.8) is 0 Å². The maximum Gasteiger partial charge on any atom is 0.220 e. The van der Waals surface area contributed by atoms with E-state index in [4.69, 9.17) is 17.0 Å². The Morgan fingerprint density at radius 1 is 1.31 bits per heavy atom. The molecule has 0 aliphatic carbocycles. The Morgan fingerprint density at radius 2 is 1.96 bits per heavy atom. The lowest BCUT2D eigenvalue weighted by molar-refractivity contribution is -0.121. The third-order valence-corrected chi connectivity index (χ3v) is 6.35. The first kappa shape index (κ1) is 25.4. The van der Waals surface area contributed by atoms with E-state index in [0.717, 1.165) is 27.7 Å². The topological polar surface area (TPSA) is 62.1 Å². The second kappa shape index (κ2) is 12.8. The van der Waals surface area contributed by atoms with E-state index in [1.807, 2.05) is 34.6 Å². The van der Waals surface area contributed by atoms with Crippen LogP contribution in [-0.4, -0.2) is 38.7 Å². The molecule has 4 nitrogen and oxygen atoms in total. The highest BCUT2D eigenvalue weighted by Gasteiger charge is 2.27. The molecule has 0 saturated heterocycles. The fourth-order valence-corrected chi connectivity index (χ4v) is 4.88. The molecule has 0 aliphatic rings. The van der Waals surface area contributed by atoms with E-state index in [0.29, 0.717) is 26.0 Å². The molecule has 0 aromatic carbocycles. The third-order valence-electron chi connectivity index (χ3n) is 3.71. The minimum absolute atomic E-state index is 0.0427. The van der Waals surface area contributed by atoms with Crippen LogP contribution in [0.3, 0.4) is 0 Å². The Labute approximate surface area is 172 Å². The molecule has 0 aromatic heterocycles. The molecule has 7 heteroatoms. The van der Waals surface area contributed by atoms with Crippen molar-refractivity contribution in [2.45, 2.75) is 70.7 Å². The number of ether oxygens (including phenoxy) is 1. The van der Waals surface area contributed by atoms with E-state index < -0.39 is 4.75 Å². The second-order valence-electron chi connectivity index (χ2n) is 7.04. The molecule has 0 saturated carbocycles. The molecule has 0 radical (unpaired) electrons. The number of rotatable bonds is 12. The molecule has 0 spiro atoms. The van der Waals surface area contributed by atoms with Crippen LogP contribution in [0.2, 0.25) is 0 Å². The monoisotopic (exact) mass is 416 g/mol. The molecule has 0 fully saturated rings. The summed E-state index contributed by atoms with van der Waals surface area (Å²) in [4.78, 5) is 12.1. The van der Waals surface area contributed by atoms with E-state index in [1.54, 1.807) is 11.8 Å². The van der Waals surface area contributed by atoms with Crippen molar-refractivity contribution in [1.29, 1.82) is 5.26 Å². The van der Waals surface area contributed by atoms with Gasteiger partial charge in [0, 0.05) is 13.0 Å². The van der Waals surface area contributed by atoms with Gasteiger partial charge in [0.1, 0.15) is 8.28 Å². The SMILES string of the molecule is C=C(C)CCOC(C)(C)CCNC(=O)CCC(C)(C#N)SC(=S)SCC. The Hall–Kier alpha value is -0.550. The highest BCUT2D eigenvalue weighted by atomic mass is 32.2. The number of hydrogen-bond donors (Lipinski definition) is 1. The minimum atomic E-state index is -0.665. The van der Waals surface area contributed by atoms with Crippen LogP contribution in [0.25, 0.3) is 0 Å². The molecule has 148 valence electrons.